The highest BCUT2D eigenvalue weighted by molar-refractivity contribution is 5.91. The fourth-order valence-electron chi connectivity index (χ4n) is 2.69. The van der Waals surface area contributed by atoms with E-state index in [0.717, 1.165) is 30.4 Å². The van der Waals surface area contributed by atoms with Gasteiger partial charge in [0.05, 0.1) is 0 Å². The average molecular weight is 327 g/mol. The molecule has 1 aliphatic rings. The van der Waals surface area contributed by atoms with Crippen molar-refractivity contribution < 1.29 is 4.79 Å². The van der Waals surface area contributed by atoms with E-state index in [0.29, 0.717) is 6.54 Å². The fraction of sp³-hybridized carbons (Fsp3) is 0.412. The Bertz CT molecular complexity index is 728. The van der Waals surface area contributed by atoms with Crippen LogP contribution in [0.15, 0.2) is 35.3 Å². The molecule has 0 spiro atoms. The summed E-state index contributed by atoms with van der Waals surface area (Å²) in [6.07, 6.45) is 4.19. The summed E-state index contributed by atoms with van der Waals surface area (Å²) in [5, 5.41) is 8.70. The van der Waals surface area contributed by atoms with Crippen LogP contribution in [0.2, 0.25) is 0 Å². The monoisotopic (exact) mass is 327 g/mol. The highest BCUT2D eigenvalue weighted by Crippen LogP contribution is 2.21. The molecule has 0 unspecified atom stereocenters. The first kappa shape index (κ1) is 16.2. The molecule has 2 aromatic heterocycles. The second kappa shape index (κ2) is 7.25. The molecule has 2 aromatic rings. The molecule has 1 amide bonds. The maximum Gasteiger partial charge on any atom is 0.271 e. The Kier molecular flexibility index (Phi) is 4.88. The van der Waals surface area contributed by atoms with Gasteiger partial charge < -0.3 is 10.2 Å². The lowest BCUT2D eigenvalue weighted by molar-refractivity contribution is 0.0944. The van der Waals surface area contributed by atoms with E-state index < -0.39 is 0 Å². The minimum Gasteiger partial charge on any atom is -0.357 e. The number of nitrogens with zero attached hydrogens (tertiary/aromatic N) is 3. The molecular weight excluding hydrogens is 306 g/mol. The largest absolute Gasteiger partial charge is 0.357 e. The van der Waals surface area contributed by atoms with Crippen LogP contribution in [0.3, 0.4) is 0 Å². The van der Waals surface area contributed by atoms with Crippen LogP contribution in [-0.4, -0.2) is 34.2 Å². The first-order valence-corrected chi connectivity index (χ1v) is 8.15. The van der Waals surface area contributed by atoms with E-state index in [4.69, 9.17) is 0 Å². The summed E-state index contributed by atoms with van der Waals surface area (Å²) in [7, 11) is 0. The third kappa shape index (κ3) is 3.98. The third-order valence-corrected chi connectivity index (χ3v) is 4.28. The molecule has 1 saturated heterocycles. The summed E-state index contributed by atoms with van der Waals surface area (Å²) in [4.78, 5) is 29.7. The van der Waals surface area contributed by atoms with Crippen molar-refractivity contribution in [3.8, 4) is 0 Å². The van der Waals surface area contributed by atoms with Crippen molar-refractivity contribution in [2.75, 3.05) is 18.0 Å². The molecule has 0 bridgehead atoms. The SMILES string of the molecule is CC1CCN(c2ccc(CNC(=O)c3ccc(=O)[nH]n3)cn2)CC1. The number of hydrogen-bond donors (Lipinski definition) is 2. The van der Waals surface area contributed by atoms with Gasteiger partial charge >= 0.3 is 0 Å². The smallest absolute Gasteiger partial charge is 0.271 e. The molecule has 1 fully saturated rings. The van der Waals surface area contributed by atoms with Crippen LogP contribution in [0.4, 0.5) is 5.82 Å². The molecule has 7 nitrogen and oxygen atoms in total. The number of carbonyl (C=O) groups is 1. The van der Waals surface area contributed by atoms with Gasteiger partial charge in [-0.15, -0.1) is 0 Å². The molecular formula is C17H21N5O2. The van der Waals surface area contributed by atoms with Gasteiger partial charge in [-0.1, -0.05) is 13.0 Å². The molecule has 2 N–H and O–H groups in total. The molecule has 0 aliphatic carbocycles. The van der Waals surface area contributed by atoms with Crippen molar-refractivity contribution in [2.45, 2.75) is 26.3 Å². The van der Waals surface area contributed by atoms with Gasteiger partial charge in [0, 0.05) is 31.9 Å². The van der Waals surface area contributed by atoms with Gasteiger partial charge in [-0.05, 0) is 36.5 Å². The van der Waals surface area contributed by atoms with Gasteiger partial charge in [-0.25, -0.2) is 10.1 Å². The first-order valence-electron chi connectivity index (χ1n) is 8.15. The highest BCUT2D eigenvalue weighted by atomic mass is 16.2. The molecule has 0 aromatic carbocycles. The standard InChI is InChI=1S/C17H21N5O2/c1-12-6-8-22(9-7-12)15-4-2-13(10-18-15)11-19-17(24)14-3-5-16(23)21-20-14/h2-5,10,12H,6-9,11H2,1H3,(H,19,24)(H,21,23). The van der Waals surface area contributed by atoms with Gasteiger partial charge in [0.15, 0.2) is 0 Å². The van der Waals surface area contributed by atoms with E-state index in [1.807, 2.05) is 12.1 Å². The van der Waals surface area contributed by atoms with Crippen molar-refractivity contribution in [1.29, 1.82) is 0 Å². The Morgan fingerprint density at radius 2 is 2.08 bits per heavy atom. The van der Waals surface area contributed by atoms with Crippen molar-refractivity contribution in [3.05, 3.63) is 52.1 Å². The molecule has 7 heteroatoms. The topological polar surface area (TPSA) is 91.0 Å². The van der Waals surface area contributed by atoms with Crippen LogP contribution in [0.25, 0.3) is 0 Å². The van der Waals surface area contributed by atoms with E-state index in [1.54, 1.807) is 6.20 Å². The van der Waals surface area contributed by atoms with Crippen LogP contribution in [0, 0.1) is 5.92 Å². The predicted octanol–water partition coefficient (Wildman–Crippen LogP) is 1.33. The van der Waals surface area contributed by atoms with Crippen LogP contribution in [-0.2, 0) is 6.54 Å². The highest BCUT2D eigenvalue weighted by Gasteiger charge is 2.16. The number of H-pyrrole nitrogens is 1. The minimum absolute atomic E-state index is 0.182. The Morgan fingerprint density at radius 1 is 1.29 bits per heavy atom. The van der Waals surface area contributed by atoms with Gasteiger partial charge in [-0.3, -0.25) is 9.59 Å². The number of piperidine rings is 1. The number of aromatic amines is 1. The van der Waals surface area contributed by atoms with Gasteiger partial charge in [0.1, 0.15) is 11.5 Å². The summed E-state index contributed by atoms with van der Waals surface area (Å²) in [6, 6.07) is 6.64. The second-order valence-electron chi connectivity index (χ2n) is 6.18. The second-order valence-corrected chi connectivity index (χ2v) is 6.18. The number of nitrogens with one attached hydrogen (secondary N) is 2. The maximum absolute atomic E-state index is 12.0. The fourth-order valence-corrected chi connectivity index (χ4v) is 2.69. The molecule has 0 saturated carbocycles. The Labute approximate surface area is 140 Å². The van der Waals surface area contributed by atoms with E-state index in [-0.39, 0.29) is 17.2 Å². The van der Waals surface area contributed by atoms with E-state index >= 15 is 0 Å². The molecule has 3 rings (SSSR count). The maximum atomic E-state index is 12.0. The molecule has 0 atom stereocenters. The zero-order valence-electron chi connectivity index (χ0n) is 13.7. The lowest BCUT2D eigenvalue weighted by Gasteiger charge is -2.31. The predicted molar refractivity (Wildman–Crippen MR) is 90.9 cm³/mol. The Morgan fingerprint density at radius 3 is 2.71 bits per heavy atom. The van der Waals surface area contributed by atoms with Gasteiger partial charge in [0.2, 0.25) is 0 Å². The number of hydrogen-bond acceptors (Lipinski definition) is 5. The summed E-state index contributed by atoms with van der Waals surface area (Å²) in [6.45, 7) is 4.74. The average Bonchev–Trinajstić information content (AvgIpc) is 2.61. The summed E-state index contributed by atoms with van der Waals surface area (Å²) >= 11 is 0. The molecule has 126 valence electrons. The Balaban J connectivity index is 1.55. The lowest BCUT2D eigenvalue weighted by Crippen LogP contribution is -2.33. The molecule has 3 heterocycles. The summed E-state index contributed by atoms with van der Waals surface area (Å²) in [5.74, 6) is 1.44. The summed E-state index contributed by atoms with van der Waals surface area (Å²) < 4.78 is 0. The lowest BCUT2D eigenvalue weighted by atomic mass is 9.99. The number of rotatable bonds is 4. The number of anilines is 1. The van der Waals surface area contributed by atoms with Crippen molar-refractivity contribution >= 4 is 11.7 Å². The molecule has 1 aliphatic heterocycles. The summed E-state index contributed by atoms with van der Waals surface area (Å²) in [5.41, 5.74) is 0.766. The first-order chi connectivity index (χ1) is 11.6. The zero-order valence-corrected chi connectivity index (χ0v) is 13.7. The van der Waals surface area contributed by atoms with Crippen molar-refractivity contribution in [2.24, 2.45) is 5.92 Å². The van der Waals surface area contributed by atoms with Crippen LogP contribution in [0.1, 0.15) is 35.8 Å². The number of pyridine rings is 1. The third-order valence-electron chi connectivity index (χ3n) is 4.28. The quantitative estimate of drug-likeness (QED) is 0.884. The van der Waals surface area contributed by atoms with E-state index in [9.17, 15) is 9.59 Å². The molecule has 24 heavy (non-hydrogen) atoms. The normalized spacial score (nSPS) is 15.3. The van der Waals surface area contributed by atoms with Crippen LogP contribution >= 0.6 is 0 Å². The minimum atomic E-state index is -0.335. The van der Waals surface area contributed by atoms with Crippen LogP contribution < -0.4 is 15.8 Å². The van der Waals surface area contributed by atoms with Crippen molar-refractivity contribution in [1.82, 2.24) is 20.5 Å². The number of aromatic nitrogens is 3. The van der Waals surface area contributed by atoms with E-state index in [2.05, 4.69) is 32.3 Å². The number of carbonyl (C=O) groups excluding carboxylic acids is 1. The Hall–Kier alpha value is -2.70. The zero-order chi connectivity index (χ0) is 16.9. The van der Waals surface area contributed by atoms with Gasteiger partial charge in [0.25, 0.3) is 11.5 Å². The van der Waals surface area contributed by atoms with Crippen LogP contribution in [0.5, 0.6) is 0 Å². The van der Waals surface area contributed by atoms with E-state index in [1.165, 1.54) is 25.0 Å². The van der Waals surface area contributed by atoms with Crippen molar-refractivity contribution in [3.63, 3.8) is 0 Å². The van der Waals surface area contributed by atoms with Gasteiger partial charge in [-0.2, -0.15) is 5.10 Å². The molecule has 0 radical (unpaired) electrons. The number of amides is 1.